The van der Waals surface area contributed by atoms with Crippen molar-refractivity contribution in [3.63, 3.8) is 0 Å². The second-order valence-electron chi connectivity index (χ2n) is 6.84. The first-order valence-electron chi connectivity index (χ1n) is 8.73. The van der Waals surface area contributed by atoms with Crippen molar-refractivity contribution in [1.29, 1.82) is 0 Å². The Morgan fingerprint density at radius 2 is 1.71 bits per heavy atom. The molecule has 0 aromatic heterocycles. The maximum atomic E-state index is 13.9. The van der Waals surface area contributed by atoms with E-state index in [4.69, 9.17) is 0 Å². The molecule has 1 heterocycles. The molecule has 1 saturated carbocycles. The Morgan fingerprint density at radius 3 is 2.43 bits per heavy atom. The molecule has 2 aromatic carbocycles. The van der Waals surface area contributed by atoms with Gasteiger partial charge in [-0.05, 0) is 49.2 Å². The fourth-order valence-electron chi connectivity index (χ4n) is 2.98. The summed E-state index contributed by atoms with van der Waals surface area (Å²) in [4.78, 5) is 49.4. The highest BCUT2D eigenvalue weighted by molar-refractivity contribution is 6.22. The van der Waals surface area contributed by atoms with Gasteiger partial charge in [0.15, 0.2) is 0 Å². The van der Waals surface area contributed by atoms with Crippen molar-refractivity contribution in [3.8, 4) is 0 Å². The molecule has 142 valence electrons. The first-order chi connectivity index (χ1) is 13.3. The zero-order valence-corrected chi connectivity index (χ0v) is 14.9. The summed E-state index contributed by atoms with van der Waals surface area (Å²) >= 11 is 0. The quantitative estimate of drug-likeness (QED) is 0.796. The summed E-state index contributed by atoms with van der Waals surface area (Å²) in [5.41, 5.74) is 0.874. The van der Waals surface area contributed by atoms with Gasteiger partial charge in [-0.2, -0.15) is 0 Å². The van der Waals surface area contributed by atoms with E-state index < -0.39 is 23.5 Å². The zero-order valence-electron chi connectivity index (χ0n) is 14.9. The minimum Gasteiger partial charge on any atom is -0.323 e. The van der Waals surface area contributed by atoms with Crippen LogP contribution in [0.3, 0.4) is 0 Å². The van der Waals surface area contributed by atoms with Crippen molar-refractivity contribution in [2.45, 2.75) is 12.8 Å². The minimum absolute atomic E-state index is 0.00828. The van der Waals surface area contributed by atoms with Gasteiger partial charge in [0.05, 0.1) is 16.8 Å². The number of anilines is 2. The van der Waals surface area contributed by atoms with Gasteiger partial charge in [-0.1, -0.05) is 0 Å². The van der Waals surface area contributed by atoms with Crippen LogP contribution >= 0.6 is 0 Å². The Labute approximate surface area is 159 Å². The van der Waals surface area contributed by atoms with Gasteiger partial charge in [-0.15, -0.1) is 0 Å². The number of imide groups is 1. The molecule has 1 aliphatic heterocycles. The number of nitrogens with one attached hydrogen (secondary N) is 2. The summed E-state index contributed by atoms with van der Waals surface area (Å²) < 4.78 is 13.9. The Hall–Kier alpha value is -3.55. The first-order valence-corrected chi connectivity index (χ1v) is 8.73. The maximum absolute atomic E-state index is 13.9. The lowest BCUT2D eigenvalue weighted by molar-refractivity contribution is -0.117. The largest absolute Gasteiger partial charge is 0.323 e. The van der Waals surface area contributed by atoms with E-state index in [1.54, 1.807) is 0 Å². The summed E-state index contributed by atoms with van der Waals surface area (Å²) in [6, 6.07) is 8.09. The summed E-state index contributed by atoms with van der Waals surface area (Å²) in [7, 11) is 1.38. The van der Waals surface area contributed by atoms with E-state index in [0.717, 1.165) is 23.8 Å². The maximum Gasteiger partial charge on any atom is 0.261 e. The van der Waals surface area contributed by atoms with E-state index in [1.807, 2.05) is 0 Å². The van der Waals surface area contributed by atoms with E-state index >= 15 is 0 Å². The molecule has 8 heteroatoms. The topological polar surface area (TPSA) is 95.6 Å². The number of hydrogen-bond acceptors (Lipinski definition) is 4. The van der Waals surface area contributed by atoms with Gasteiger partial charge in [0.2, 0.25) is 5.91 Å². The fraction of sp³-hybridized carbons (Fsp3) is 0.200. The summed E-state index contributed by atoms with van der Waals surface area (Å²) in [6.07, 6.45) is 1.58. The van der Waals surface area contributed by atoms with E-state index in [1.165, 1.54) is 37.4 Å². The molecule has 1 aliphatic carbocycles. The van der Waals surface area contributed by atoms with Crippen LogP contribution in [-0.2, 0) is 4.79 Å². The van der Waals surface area contributed by atoms with Gasteiger partial charge in [-0.3, -0.25) is 24.1 Å². The standard InChI is InChI=1S/C20H16FN3O4/c1-24-19(27)13-6-4-11(8-14(13)20(24)28)18(26)22-12-5-7-15(21)16(9-12)23-17(25)10-2-3-10/h4-10H,2-3H2,1H3,(H,22,26)(H,23,25). The normalized spacial score (nSPS) is 15.4. The Bertz CT molecular complexity index is 1050. The van der Waals surface area contributed by atoms with Crippen molar-refractivity contribution in [2.75, 3.05) is 17.7 Å². The molecule has 0 atom stereocenters. The monoisotopic (exact) mass is 381 g/mol. The van der Waals surface area contributed by atoms with E-state index in [2.05, 4.69) is 10.6 Å². The molecule has 0 radical (unpaired) electrons. The highest BCUT2D eigenvalue weighted by Crippen LogP contribution is 2.31. The van der Waals surface area contributed by atoms with Crippen LogP contribution in [-0.4, -0.2) is 35.6 Å². The van der Waals surface area contributed by atoms with Crippen LogP contribution < -0.4 is 10.6 Å². The molecule has 0 bridgehead atoms. The number of carbonyl (C=O) groups is 4. The molecule has 0 saturated heterocycles. The molecule has 2 aliphatic rings. The number of hydrogen-bond donors (Lipinski definition) is 2. The molecule has 0 spiro atoms. The van der Waals surface area contributed by atoms with Gasteiger partial charge in [0, 0.05) is 24.2 Å². The van der Waals surface area contributed by atoms with Gasteiger partial charge in [0.1, 0.15) is 5.82 Å². The third kappa shape index (κ3) is 3.13. The van der Waals surface area contributed by atoms with Gasteiger partial charge in [0.25, 0.3) is 17.7 Å². The van der Waals surface area contributed by atoms with Crippen LogP contribution in [0.4, 0.5) is 15.8 Å². The first kappa shape index (κ1) is 17.8. The molecular weight excluding hydrogens is 365 g/mol. The fourth-order valence-corrected chi connectivity index (χ4v) is 2.98. The van der Waals surface area contributed by atoms with E-state index in [9.17, 15) is 23.6 Å². The van der Waals surface area contributed by atoms with Crippen molar-refractivity contribution in [1.82, 2.24) is 4.90 Å². The predicted molar refractivity (Wildman–Crippen MR) is 98.6 cm³/mol. The van der Waals surface area contributed by atoms with Gasteiger partial charge in [-0.25, -0.2) is 4.39 Å². The number of fused-ring (bicyclic) bond motifs is 1. The van der Waals surface area contributed by atoms with Crippen LogP contribution in [0.1, 0.15) is 43.9 Å². The molecular formula is C20H16FN3O4. The second-order valence-corrected chi connectivity index (χ2v) is 6.84. The smallest absolute Gasteiger partial charge is 0.261 e. The highest BCUT2D eigenvalue weighted by atomic mass is 19.1. The lowest BCUT2D eigenvalue weighted by Gasteiger charge is -2.10. The average Bonchev–Trinajstić information content (AvgIpc) is 3.50. The molecule has 7 nitrogen and oxygen atoms in total. The molecule has 2 N–H and O–H groups in total. The average molecular weight is 381 g/mol. The Kier molecular flexibility index (Phi) is 4.18. The molecule has 1 fully saturated rings. The van der Waals surface area contributed by atoms with E-state index in [-0.39, 0.29) is 39.9 Å². The third-order valence-corrected chi connectivity index (χ3v) is 4.78. The van der Waals surface area contributed by atoms with E-state index in [0.29, 0.717) is 0 Å². The van der Waals surface area contributed by atoms with Gasteiger partial charge < -0.3 is 10.6 Å². The van der Waals surface area contributed by atoms with Crippen LogP contribution in [0.15, 0.2) is 36.4 Å². The molecule has 0 unspecified atom stereocenters. The molecule has 28 heavy (non-hydrogen) atoms. The zero-order chi connectivity index (χ0) is 20.0. The predicted octanol–water partition coefficient (Wildman–Crippen LogP) is 2.65. The van der Waals surface area contributed by atoms with Gasteiger partial charge >= 0.3 is 0 Å². The number of halogens is 1. The van der Waals surface area contributed by atoms with Crippen molar-refractivity contribution >= 4 is 35.0 Å². The molecule has 2 aromatic rings. The molecule has 4 amide bonds. The third-order valence-electron chi connectivity index (χ3n) is 4.78. The Balaban J connectivity index is 1.53. The lowest BCUT2D eigenvalue weighted by atomic mass is 10.1. The summed E-state index contributed by atoms with van der Waals surface area (Å²) in [5, 5.41) is 5.13. The van der Waals surface area contributed by atoms with Crippen LogP contribution in [0.5, 0.6) is 0 Å². The van der Waals surface area contributed by atoms with Crippen LogP contribution in [0.2, 0.25) is 0 Å². The SMILES string of the molecule is CN1C(=O)c2ccc(C(=O)Nc3ccc(F)c(NC(=O)C4CC4)c3)cc2C1=O. The van der Waals surface area contributed by atoms with Crippen molar-refractivity contribution in [3.05, 3.63) is 58.9 Å². The molecule has 4 rings (SSSR count). The second kappa shape index (κ2) is 6.56. The summed E-state index contributed by atoms with van der Waals surface area (Å²) in [5.74, 6) is -2.33. The number of nitrogens with zero attached hydrogens (tertiary/aromatic N) is 1. The number of rotatable bonds is 4. The number of benzene rings is 2. The number of amides is 4. The lowest BCUT2D eigenvalue weighted by Crippen LogP contribution is -2.24. The van der Waals surface area contributed by atoms with Crippen LogP contribution in [0.25, 0.3) is 0 Å². The summed E-state index contributed by atoms with van der Waals surface area (Å²) in [6.45, 7) is 0. The highest BCUT2D eigenvalue weighted by Gasteiger charge is 2.33. The van der Waals surface area contributed by atoms with Crippen LogP contribution in [0, 0.1) is 11.7 Å². The van der Waals surface area contributed by atoms with Crippen molar-refractivity contribution in [2.24, 2.45) is 5.92 Å². The van der Waals surface area contributed by atoms with Crippen molar-refractivity contribution < 1.29 is 23.6 Å². The Morgan fingerprint density at radius 1 is 1.00 bits per heavy atom. The number of carbonyl (C=O) groups excluding carboxylic acids is 4. The minimum atomic E-state index is -0.600.